The maximum absolute atomic E-state index is 14.5. The fourth-order valence-electron chi connectivity index (χ4n) is 5.62. The summed E-state index contributed by atoms with van der Waals surface area (Å²) in [6, 6.07) is 1.56. The Balaban J connectivity index is 1.68. The van der Waals surface area contributed by atoms with Gasteiger partial charge in [0.05, 0.1) is 46.6 Å². The van der Waals surface area contributed by atoms with Gasteiger partial charge in [-0.1, -0.05) is 13.8 Å². The lowest BCUT2D eigenvalue weighted by molar-refractivity contribution is -0.142. The molecule has 3 amide bonds. The van der Waals surface area contributed by atoms with Crippen molar-refractivity contribution in [2.24, 2.45) is 11.8 Å². The van der Waals surface area contributed by atoms with Gasteiger partial charge in [-0.2, -0.15) is 0 Å². The first kappa shape index (κ1) is 32.9. The molecule has 0 spiro atoms. The van der Waals surface area contributed by atoms with E-state index < -0.39 is 17.6 Å². The van der Waals surface area contributed by atoms with Crippen molar-refractivity contribution in [2.45, 2.75) is 59.1 Å². The Bertz CT molecular complexity index is 1260. The Morgan fingerprint density at radius 2 is 1.93 bits per heavy atom. The van der Waals surface area contributed by atoms with Gasteiger partial charge in [-0.05, 0) is 51.0 Å². The van der Waals surface area contributed by atoms with E-state index in [9.17, 15) is 14.4 Å². The number of likely N-dealkylation sites (tertiary alicyclic amines) is 1. The van der Waals surface area contributed by atoms with E-state index in [0.717, 1.165) is 22.3 Å². The fourth-order valence-corrected chi connectivity index (χ4v) is 6.49. The van der Waals surface area contributed by atoms with Crippen LogP contribution in [0, 0.1) is 11.8 Å². The lowest BCUT2D eigenvalue weighted by Crippen LogP contribution is -2.58. The van der Waals surface area contributed by atoms with Gasteiger partial charge < -0.3 is 34.2 Å². The normalized spacial score (nSPS) is 19.5. The molecule has 2 aliphatic rings. The highest BCUT2D eigenvalue weighted by atomic mass is 32.1. The number of hydrogen-bond acceptors (Lipinski definition) is 9. The number of amides is 3. The number of aromatic nitrogens is 1. The molecule has 0 aliphatic carbocycles. The number of thiophene rings is 1. The molecule has 0 saturated carbocycles. The number of pyridine rings is 1. The molecule has 0 aromatic carbocycles. The van der Waals surface area contributed by atoms with Crippen LogP contribution < -0.4 is 5.32 Å². The molecular weight excluding hydrogens is 570 g/mol. The molecule has 11 nitrogen and oxygen atoms in total. The number of fused-ring (bicyclic) bond motifs is 1. The van der Waals surface area contributed by atoms with E-state index in [4.69, 9.17) is 14.2 Å². The number of methoxy groups -OCH3 is 1. The zero-order valence-corrected chi connectivity index (χ0v) is 27.2. The lowest BCUT2D eigenvalue weighted by Gasteiger charge is -2.44. The molecule has 2 atom stereocenters. The molecule has 2 aromatic rings. The van der Waals surface area contributed by atoms with Crippen molar-refractivity contribution in [2.75, 3.05) is 71.5 Å². The second kappa shape index (κ2) is 14.7. The fraction of sp³-hybridized carbons (Fsp3) is 0.677. The standard InChI is InChI=1S/C31H47N5O6S/c1-21(2)18-36(29(38)24-17-33-25-8-15-43-27(25)26(24)32-9-7-12-40-6)23-16-22(28(37)34-10-13-41-14-11-34)19-35(20-23)30(39)42-31(3,4)5/h8,15,17,21-23H,7,9-14,16,18-20H2,1-6H3,(H,32,33)/t22-,23+/m1/s1. The molecule has 2 saturated heterocycles. The Labute approximate surface area is 258 Å². The summed E-state index contributed by atoms with van der Waals surface area (Å²) in [7, 11) is 1.67. The molecule has 2 fully saturated rings. The smallest absolute Gasteiger partial charge is 0.410 e. The first-order valence-electron chi connectivity index (χ1n) is 15.2. The molecule has 0 radical (unpaired) electrons. The molecule has 43 heavy (non-hydrogen) atoms. The molecule has 12 heteroatoms. The summed E-state index contributed by atoms with van der Waals surface area (Å²) >= 11 is 1.54. The zero-order valence-electron chi connectivity index (χ0n) is 26.4. The number of piperidine rings is 1. The highest BCUT2D eigenvalue weighted by molar-refractivity contribution is 7.17. The summed E-state index contributed by atoms with van der Waals surface area (Å²) in [5.74, 6) is -0.484. The number of hydrogen-bond donors (Lipinski definition) is 1. The first-order chi connectivity index (χ1) is 20.5. The molecule has 4 heterocycles. The van der Waals surface area contributed by atoms with Crippen LogP contribution in [-0.4, -0.2) is 115 Å². The van der Waals surface area contributed by atoms with Gasteiger partial charge in [-0.25, -0.2) is 4.79 Å². The van der Waals surface area contributed by atoms with Crippen LogP contribution in [-0.2, 0) is 19.0 Å². The number of nitrogens with zero attached hydrogens (tertiary/aromatic N) is 4. The third-order valence-corrected chi connectivity index (χ3v) is 8.47. The van der Waals surface area contributed by atoms with Gasteiger partial charge >= 0.3 is 6.09 Å². The highest BCUT2D eigenvalue weighted by Gasteiger charge is 2.41. The minimum absolute atomic E-state index is 0.0133. The SMILES string of the molecule is COCCCNc1c(C(=O)N(CC(C)C)[C@H]2C[C@@H](C(=O)N3CCOCC3)CN(C(=O)OC(C)(C)C)C2)cnc2ccsc12. The number of ether oxygens (including phenoxy) is 3. The van der Waals surface area contributed by atoms with Gasteiger partial charge in [0.15, 0.2) is 0 Å². The van der Waals surface area contributed by atoms with Gasteiger partial charge in [0.25, 0.3) is 5.91 Å². The van der Waals surface area contributed by atoms with Crippen LogP contribution in [0.3, 0.4) is 0 Å². The Hall–Kier alpha value is -2.96. The Morgan fingerprint density at radius 1 is 1.19 bits per heavy atom. The van der Waals surface area contributed by atoms with Crippen LogP contribution in [0.15, 0.2) is 17.6 Å². The summed E-state index contributed by atoms with van der Waals surface area (Å²) in [4.78, 5) is 51.5. The summed E-state index contributed by atoms with van der Waals surface area (Å²) in [6.45, 7) is 13.9. The summed E-state index contributed by atoms with van der Waals surface area (Å²) in [5.41, 5.74) is 1.39. The molecular formula is C31H47N5O6S. The van der Waals surface area contributed by atoms with E-state index >= 15 is 0 Å². The van der Waals surface area contributed by atoms with Crippen molar-refractivity contribution in [1.82, 2.24) is 19.7 Å². The molecule has 0 bridgehead atoms. The highest BCUT2D eigenvalue weighted by Crippen LogP contribution is 2.33. The van der Waals surface area contributed by atoms with Crippen molar-refractivity contribution in [3.8, 4) is 0 Å². The van der Waals surface area contributed by atoms with E-state index in [1.165, 1.54) is 0 Å². The average molecular weight is 618 g/mol. The molecule has 1 N–H and O–H groups in total. The molecule has 2 aromatic heterocycles. The minimum atomic E-state index is -0.688. The topological polar surface area (TPSA) is 114 Å². The Morgan fingerprint density at radius 3 is 2.60 bits per heavy atom. The van der Waals surface area contributed by atoms with E-state index in [1.54, 1.807) is 29.5 Å². The van der Waals surface area contributed by atoms with E-state index in [2.05, 4.69) is 24.1 Å². The van der Waals surface area contributed by atoms with Crippen molar-refractivity contribution in [3.63, 3.8) is 0 Å². The van der Waals surface area contributed by atoms with Gasteiger partial charge in [-0.15, -0.1) is 11.3 Å². The number of rotatable bonds is 10. The van der Waals surface area contributed by atoms with Crippen LogP contribution in [0.2, 0.25) is 0 Å². The second-order valence-electron chi connectivity index (χ2n) is 12.7. The van der Waals surface area contributed by atoms with Crippen LogP contribution in [0.4, 0.5) is 10.5 Å². The van der Waals surface area contributed by atoms with Crippen LogP contribution in [0.25, 0.3) is 10.2 Å². The van der Waals surface area contributed by atoms with Crippen LogP contribution in [0.5, 0.6) is 0 Å². The third kappa shape index (κ3) is 8.57. The predicted molar refractivity (Wildman–Crippen MR) is 168 cm³/mol. The lowest BCUT2D eigenvalue weighted by atomic mass is 9.91. The number of nitrogens with one attached hydrogen (secondary N) is 1. The van der Waals surface area contributed by atoms with E-state index in [-0.39, 0.29) is 36.9 Å². The van der Waals surface area contributed by atoms with Crippen molar-refractivity contribution < 1.29 is 28.6 Å². The van der Waals surface area contributed by atoms with E-state index in [0.29, 0.717) is 58.0 Å². The molecule has 0 unspecified atom stereocenters. The van der Waals surface area contributed by atoms with Gasteiger partial charge in [0.2, 0.25) is 5.91 Å². The average Bonchev–Trinajstić information content (AvgIpc) is 3.46. The van der Waals surface area contributed by atoms with Gasteiger partial charge in [0, 0.05) is 59.2 Å². The van der Waals surface area contributed by atoms with Crippen molar-refractivity contribution in [1.29, 1.82) is 0 Å². The van der Waals surface area contributed by atoms with Crippen LogP contribution >= 0.6 is 11.3 Å². The van der Waals surface area contributed by atoms with Gasteiger partial charge in [0.1, 0.15) is 5.60 Å². The summed E-state index contributed by atoms with van der Waals surface area (Å²) in [5, 5.41) is 5.45. The largest absolute Gasteiger partial charge is 0.444 e. The second-order valence-corrected chi connectivity index (χ2v) is 13.6. The summed E-state index contributed by atoms with van der Waals surface area (Å²) in [6.07, 6.45) is 2.41. The predicted octanol–water partition coefficient (Wildman–Crippen LogP) is 4.33. The number of morpholine rings is 1. The van der Waals surface area contributed by atoms with Crippen LogP contribution in [0.1, 0.15) is 57.8 Å². The maximum atomic E-state index is 14.5. The maximum Gasteiger partial charge on any atom is 0.410 e. The zero-order chi connectivity index (χ0) is 31.1. The third-order valence-electron chi connectivity index (χ3n) is 7.55. The minimum Gasteiger partial charge on any atom is -0.444 e. The van der Waals surface area contributed by atoms with Crippen molar-refractivity contribution in [3.05, 3.63) is 23.2 Å². The summed E-state index contributed by atoms with van der Waals surface area (Å²) < 4.78 is 17.3. The number of carbonyl (C=O) groups is 3. The molecule has 4 rings (SSSR count). The monoisotopic (exact) mass is 617 g/mol. The molecule has 2 aliphatic heterocycles. The quantitative estimate of drug-likeness (QED) is 0.392. The number of carbonyl (C=O) groups excluding carboxylic acids is 3. The van der Waals surface area contributed by atoms with E-state index in [1.807, 2.05) is 42.0 Å². The first-order valence-corrected chi connectivity index (χ1v) is 16.1. The van der Waals surface area contributed by atoms with Crippen molar-refractivity contribution >= 4 is 45.1 Å². The molecule has 238 valence electrons. The van der Waals surface area contributed by atoms with Gasteiger partial charge in [-0.3, -0.25) is 14.6 Å². The Kier molecular flexibility index (Phi) is 11.2. The number of anilines is 1.